The Morgan fingerprint density at radius 3 is 2.94 bits per heavy atom. The zero-order chi connectivity index (χ0) is 12.8. The average molecular weight is 249 g/mol. The molecule has 100 valence electrons. The highest BCUT2D eigenvalue weighted by Gasteiger charge is 2.20. The maximum atomic E-state index is 5.60. The third kappa shape index (κ3) is 4.31. The summed E-state index contributed by atoms with van der Waals surface area (Å²) in [7, 11) is 1.70. The zero-order valence-corrected chi connectivity index (χ0v) is 11.3. The Kier molecular flexibility index (Phi) is 5.02. The van der Waals surface area contributed by atoms with Gasteiger partial charge in [0.15, 0.2) is 0 Å². The van der Waals surface area contributed by atoms with E-state index in [9.17, 15) is 0 Å². The summed E-state index contributed by atoms with van der Waals surface area (Å²) >= 11 is 0. The summed E-state index contributed by atoms with van der Waals surface area (Å²) in [6.45, 7) is 4.79. The van der Waals surface area contributed by atoms with Crippen LogP contribution in [0.5, 0.6) is 5.75 Å². The van der Waals surface area contributed by atoms with Gasteiger partial charge in [0, 0.05) is 19.2 Å². The molecule has 0 amide bonds. The highest BCUT2D eigenvalue weighted by molar-refractivity contribution is 5.30. The minimum absolute atomic E-state index is 0.324. The van der Waals surface area contributed by atoms with Crippen LogP contribution in [0.4, 0.5) is 0 Å². The monoisotopic (exact) mass is 249 g/mol. The van der Waals surface area contributed by atoms with E-state index in [0.29, 0.717) is 6.04 Å². The van der Waals surface area contributed by atoms with Gasteiger partial charge in [0.1, 0.15) is 5.75 Å². The van der Waals surface area contributed by atoms with Crippen molar-refractivity contribution in [2.24, 2.45) is 5.92 Å². The Morgan fingerprint density at radius 2 is 2.22 bits per heavy atom. The third-order valence-electron chi connectivity index (χ3n) is 3.34. The van der Waals surface area contributed by atoms with Gasteiger partial charge in [0.25, 0.3) is 0 Å². The maximum Gasteiger partial charge on any atom is 0.119 e. The fourth-order valence-corrected chi connectivity index (χ4v) is 1.91. The predicted molar refractivity (Wildman–Crippen MR) is 73.0 cm³/mol. The summed E-state index contributed by atoms with van der Waals surface area (Å²) < 4.78 is 10.8. The van der Waals surface area contributed by atoms with Crippen LogP contribution < -0.4 is 10.1 Å². The van der Waals surface area contributed by atoms with Gasteiger partial charge in [-0.05, 0) is 43.4 Å². The number of ether oxygens (including phenoxy) is 2. The number of methoxy groups -OCH3 is 1. The van der Waals surface area contributed by atoms with Crippen molar-refractivity contribution in [1.82, 2.24) is 5.32 Å². The van der Waals surface area contributed by atoms with Gasteiger partial charge in [0.05, 0.1) is 13.7 Å². The molecule has 1 fully saturated rings. The molecule has 1 atom stereocenters. The molecule has 0 bridgehead atoms. The highest BCUT2D eigenvalue weighted by Crippen LogP contribution is 2.28. The number of hydrogen-bond donors (Lipinski definition) is 1. The van der Waals surface area contributed by atoms with Crippen LogP contribution in [0.3, 0.4) is 0 Å². The molecule has 1 unspecified atom stereocenters. The van der Waals surface area contributed by atoms with Crippen molar-refractivity contribution < 1.29 is 9.47 Å². The van der Waals surface area contributed by atoms with E-state index in [-0.39, 0.29) is 0 Å². The molecular weight excluding hydrogens is 226 g/mol. The first kappa shape index (κ1) is 13.4. The summed E-state index contributed by atoms with van der Waals surface area (Å²) in [5.74, 6) is 1.76. The fourth-order valence-electron chi connectivity index (χ4n) is 1.91. The van der Waals surface area contributed by atoms with Gasteiger partial charge in [-0.15, -0.1) is 0 Å². The summed E-state index contributed by atoms with van der Waals surface area (Å²) in [4.78, 5) is 0. The lowest BCUT2D eigenvalue weighted by Gasteiger charge is -2.15. The Balaban J connectivity index is 1.67. The van der Waals surface area contributed by atoms with Crippen LogP contribution >= 0.6 is 0 Å². The summed E-state index contributed by atoms with van der Waals surface area (Å²) in [6.07, 6.45) is 2.71. The molecule has 0 saturated heterocycles. The molecule has 1 saturated carbocycles. The molecule has 2 rings (SSSR count). The van der Waals surface area contributed by atoms with E-state index in [1.807, 2.05) is 12.1 Å². The van der Waals surface area contributed by atoms with Crippen molar-refractivity contribution in [2.45, 2.75) is 25.8 Å². The highest BCUT2D eigenvalue weighted by atomic mass is 16.5. The van der Waals surface area contributed by atoms with Gasteiger partial charge in [-0.2, -0.15) is 0 Å². The normalized spacial score (nSPS) is 16.6. The maximum absolute atomic E-state index is 5.60. The summed E-state index contributed by atoms with van der Waals surface area (Å²) in [5.41, 5.74) is 1.25. The first-order valence-corrected chi connectivity index (χ1v) is 6.74. The molecule has 1 aromatic rings. The van der Waals surface area contributed by atoms with E-state index in [2.05, 4.69) is 24.4 Å². The first-order valence-electron chi connectivity index (χ1n) is 6.74. The van der Waals surface area contributed by atoms with Crippen molar-refractivity contribution >= 4 is 0 Å². The van der Waals surface area contributed by atoms with Gasteiger partial charge in [0.2, 0.25) is 0 Å². The number of nitrogens with one attached hydrogen (secondary N) is 1. The lowest BCUT2D eigenvalue weighted by molar-refractivity contribution is 0.124. The standard InChI is InChI=1S/C15H23NO2/c1-12(14-4-3-5-15(10-14)17-2)16-8-9-18-11-13-6-7-13/h3-5,10,12-13,16H,6-9,11H2,1-2H3. The van der Waals surface area contributed by atoms with Crippen LogP contribution in [-0.2, 0) is 4.74 Å². The second-order valence-corrected chi connectivity index (χ2v) is 4.97. The summed E-state index contributed by atoms with van der Waals surface area (Å²) in [6, 6.07) is 8.50. The number of rotatable bonds is 8. The van der Waals surface area contributed by atoms with E-state index in [1.165, 1.54) is 18.4 Å². The van der Waals surface area contributed by atoms with Crippen LogP contribution in [0.15, 0.2) is 24.3 Å². The molecule has 1 aromatic carbocycles. The molecule has 1 N–H and O–H groups in total. The Morgan fingerprint density at radius 1 is 1.39 bits per heavy atom. The molecule has 0 aliphatic heterocycles. The lowest BCUT2D eigenvalue weighted by atomic mass is 10.1. The number of hydrogen-bond acceptors (Lipinski definition) is 3. The van der Waals surface area contributed by atoms with Crippen molar-refractivity contribution in [1.29, 1.82) is 0 Å². The molecule has 0 radical (unpaired) electrons. The Bertz CT molecular complexity index is 363. The SMILES string of the molecule is COc1cccc(C(C)NCCOCC2CC2)c1. The van der Waals surface area contributed by atoms with Gasteiger partial charge in [-0.1, -0.05) is 12.1 Å². The van der Waals surface area contributed by atoms with E-state index in [0.717, 1.165) is 31.4 Å². The van der Waals surface area contributed by atoms with Crippen molar-refractivity contribution in [3.05, 3.63) is 29.8 Å². The lowest BCUT2D eigenvalue weighted by Crippen LogP contribution is -2.23. The molecule has 0 spiro atoms. The molecule has 0 aromatic heterocycles. The predicted octanol–water partition coefficient (Wildman–Crippen LogP) is 2.77. The molecule has 3 heteroatoms. The largest absolute Gasteiger partial charge is 0.497 e. The first-order chi connectivity index (χ1) is 8.79. The average Bonchev–Trinajstić information content (AvgIpc) is 3.22. The van der Waals surface area contributed by atoms with Crippen LogP contribution in [0.1, 0.15) is 31.4 Å². The van der Waals surface area contributed by atoms with E-state index < -0.39 is 0 Å². The second kappa shape index (κ2) is 6.76. The van der Waals surface area contributed by atoms with Gasteiger partial charge in [-0.25, -0.2) is 0 Å². The van der Waals surface area contributed by atoms with E-state index >= 15 is 0 Å². The molecular formula is C15H23NO2. The number of benzene rings is 1. The van der Waals surface area contributed by atoms with Gasteiger partial charge < -0.3 is 14.8 Å². The molecule has 3 nitrogen and oxygen atoms in total. The smallest absolute Gasteiger partial charge is 0.119 e. The van der Waals surface area contributed by atoms with Crippen molar-refractivity contribution in [3.63, 3.8) is 0 Å². The second-order valence-electron chi connectivity index (χ2n) is 4.97. The van der Waals surface area contributed by atoms with Crippen LogP contribution in [-0.4, -0.2) is 26.9 Å². The minimum Gasteiger partial charge on any atom is -0.497 e. The van der Waals surface area contributed by atoms with Crippen molar-refractivity contribution in [3.8, 4) is 5.75 Å². The van der Waals surface area contributed by atoms with Crippen LogP contribution in [0.2, 0.25) is 0 Å². The minimum atomic E-state index is 0.324. The van der Waals surface area contributed by atoms with Crippen molar-refractivity contribution in [2.75, 3.05) is 26.9 Å². The summed E-state index contributed by atoms with van der Waals surface area (Å²) in [5, 5.41) is 3.46. The molecule has 1 aliphatic rings. The molecule has 1 aliphatic carbocycles. The van der Waals surface area contributed by atoms with Crippen LogP contribution in [0, 0.1) is 5.92 Å². The Labute approximate surface area is 109 Å². The third-order valence-corrected chi connectivity index (χ3v) is 3.34. The quantitative estimate of drug-likeness (QED) is 0.719. The van der Waals surface area contributed by atoms with Crippen LogP contribution in [0.25, 0.3) is 0 Å². The topological polar surface area (TPSA) is 30.5 Å². The van der Waals surface area contributed by atoms with E-state index in [1.54, 1.807) is 7.11 Å². The van der Waals surface area contributed by atoms with Gasteiger partial charge in [-0.3, -0.25) is 0 Å². The fraction of sp³-hybridized carbons (Fsp3) is 0.600. The zero-order valence-electron chi connectivity index (χ0n) is 11.3. The molecule has 0 heterocycles. The van der Waals surface area contributed by atoms with E-state index in [4.69, 9.17) is 9.47 Å². The van der Waals surface area contributed by atoms with Gasteiger partial charge >= 0.3 is 0 Å². The Hall–Kier alpha value is -1.06. The molecule has 18 heavy (non-hydrogen) atoms.